The summed E-state index contributed by atoms with van der Waals surface area (Å²) in [7, 11) is 0. The van der Waals surface area contributed by atoms with E-state index < -0.39 is 11.9 Å². The van der Waals surface area contributed by atoms with Crippen LogP contribution in [-0.2, 0) is 6.18 Å². The molecule has 16 heavy (non-hydrogen) atoms. The maximum absolute atomic E-state index is 12.5. The second-order valence-corrected chi connectivity index (χ2v) is 3.12. The van der Waals surface area contributed by atoms with Gasteiger partial charge in [0.25, 0.3) is 0 Å². The van der Waals surface area contributed by atoms with E-state index in [1.54, 1.807) is 12.1 Å². The highest BCUT2D eigenvalue weighted by Gasteiger charge is 2.36. The van der Waals surface area contributed by atoms with Gasteiger partial charge in [-0.05, 0) is 18.2 Å². The number of halogens is 3. The molecule has 0 fully saturated rings. The van der Waals surface area contributed by atoms with Gasteiger partial charge in [-0.2, -0.15) is 13.2 Å². The number of nitrogens with two attached hydrogens (primary N) is 1. The van der Waals surface area contributed by atoms with Crippen LogP contribution in [0.15, 0.2) is 30.5 Å². The summed E-state index contributed by atoms with van der Waals surface area (Å²) in [5, 5.41) is 6.63. The van der Waals surface area contributed by atoms with Gasteiger partial charge in [0.2, 0.25) is 0 Å². The summed E-state index contributed by atoms with van der Waals surface area (Å²) in [4.78, 5) is 0. The monoisotopic (exact) mass is 228 g/mol. The van der Waals surface area contributed by atoms with Crippen molar-refractivity contribution in [2.45, 2.75) is 6.18 Å². The van der Waals surface area contributed by atoms with E-state index in [1.807, 2.05) is 0 Å². The Hall–Kier alpha value is -2.05. The van der Waals surface area contributed by atoms with E-state index in [0.29, 0.717) is 16.6 Å². The lowest BCUT2D eigenvalue weighted by Gasteiger charge is -2.08. The molecule has 0 aliphatic heterocycles. The molecule has 2 rings (SSSR count). The lowest BCUT2D eigenvalue weighted by atomic mass is 10.3. The van der Waals surface area contributed by atoms with Gasteiger partial charge in [0, 0.05) is 5.69 Å². The quantitative estimate of drug-likeness (QED) is 0.758. The molecule has 1 heterocycles. The average molecular weight is 228 g/mol. The van der Waals surface area contributed by atoms with Gasteiger partial charge >= 0.3 is 6.18 Å². The van der Waals surface area contributed by atoms with E-state index >= 15 is 0 Å². The first-order valence-corrected chi connectivity index (χ1v) is 4.32. The molecule has 0 unspecified atom stereocenters. The van der Waals surface area contributed by atoms with E-state index in [-0.39, 0.29) is 5.69 Å². The molecule has 0 spiro atoms. The Morgan fingerprint density at radius 2 is 2.00 bits per heavy atom. The molecule has 0 bridgehead atoms. The van der Waals surface area contributed by atoms with E-state index in [9.17, 15) is 13.2 Å². The first-order valence-electron chi connectivity index (χ1n) is 4.32. The molecule has 0 radical (unpaired) electrons. The molecule has 0 atom stereocenters. The molecule has 0 saturated heterocycles. The molecule has 0 amide bonds. The highest BCUT2D eigenvalue weighted by atomic mass is 19.4. The summed E-state index contributed by atoms with van der Waals surface area (Å²) in [6.45, 7) is 0. The summed E-state index contributed by atoms with van der Waals surface area (Å²) in [5.74, 6) is 0. The van der Waals surface area contributed by atoms with Crippen LogP contribution in [0.25, 0.3) is 5.69 Å². The second-order valence-electron chi connectivity index (χ2n) is 3.12. The van der Waals surface area contributed by atoms with Crippen LogP contribution < -0.4 is 5.73 Å². The third kappa shape index (κ3) is 1.83. The fourth-order valence-corrected chi connectivity index (χ4v) is 1.28. The van der Waals surface area contributed by atoms with Crippen molar-refractivity contribution in [3.63, 3.8) is 0 Å². The molecule has 84 valence electrons. The highest BCUT2D eigenvalue weighted by molar-refractivity contribution is 5.47. The standard InChI is InChI=1S/C9H7F3N4/c10-9(11,12)8-5-14-15-16(8)7-3-1-2-6(13)4-7/h1-5H,13H2. The van der Waals surface area contributed by atoms with Crippen LogP contribution >= 0.6 is 0 Å². The minimum atomic E-state index is -4.49. The van der Waals surface area contributed by atoms with Gasteiger partial charge in [-0.15, -0.1) is 5.10 Å². The minimum Gasteiger partial charge on any atom is -0.399 e. The summed E-state index contributed by atoms with van der Waals surface area (Å²) in [6.07, 6.45) is -3.82. The van der Waals surface area contributed by atoms with Crippen molar-refractivity contribution in [2.24, 2.45) is 0 Å². The fraction of sp³-hybridized carbons (Fsp3) is 0.111. The maximum atomic E-state index is 12.5. The molecule has 7 heteroatoms. The number of nitrogens with zero attached hydrogens (tertiary/aromatic N) is 3. The summed E-state index contributed by atoms with van der Waals surface area (Å²) in [6, 6.07) is 5.99. The minimum absolute atomic E-state index is 0.227. The molecule has 2 N–H and O–H groups in total. The Bertz CT molecular complexity index is 503. The van der Waals surface area contributed by atoms with Crippen LogP contribution in [0.5, 0.6) is 0 Å². The predicted octanol–water partition coefficient (Wildman–Crippen LogP) is 1.87. The van der Waals surface area contributed by atoms with Gasteiger partial charge in [-0.1, -0.05) is 11.3 Å². The molecule has 0 aliphatic carbocycles. The van der Waals surface area contributed by atoms with Crippen LogP contribution in [-0.4, -0.2) is 15.0 Å². The molecule has 0 aliphatic rings. The Balaban J connectivity index is 2.53. The van der Waals surface area contributed by atoms with Gasteiger partial charge in [0.1, 0.15) is 0 Å². The highest BCUT2D eigenvalue weighted by Crippen LogP contribution is 2.29. The number of alkyl halides is 3. The Morgan fingerprint density at radius 3 is 2.62 bits per heavy atom. The SMILES string of the molecule is Nc1cccc(-n2nncc2C(F)(F)F)c1. The number of aromatic nitrogens is 3. The second kappa shape index (κ2) is 3.51. The van der Waals surface area contributed by atoms with E-state index in [0.717, 1.165) is 0 Å². The lowest BCUT2D eigenvalue weighted by Crippen LogP contribution is -2.13. The van der Waals surface area contributed by atoms with E-state index in [2.05, 4.69) is 10.3 Å². The van der Waals surface area contributed by atoms with Crippen molar-refractivity contribution in [1.29, 1.82) is 0 Å². The summed E-state index contributed by atoms with van der Waals surface area (Å²) < 4.78 is 38.3. The van der Waals surface area contributed by atoms with Gasteiger partial charge in [-0.3, -0.25) is 0 Å². The van der Waals surface area contributed by atoms with Crippen molar-refractivity contribution in [2.75, 3.05) is 5.73 Å². The van der Waals surface area contributed by atoms with Crippen molar-refractivity contribution in [3.8, 4) is 5.69 Å². The van der Waals surface area contributed by atoms with Gasteiger partial charge in [0.15, 0.2) is 5.69 Å². The van der Waals surface area contributed by atoms with Crippen LogP contribution in [0.1, 0.15) is 5.69 Å². The predicted molar refractivity (Wildman–Crippen MR) is 50.8 cm³/mol. The summed E-state index contributed by atoms with van der Waals surface area (Å²) in [5.41, 5.74) is 5.14. The zero-order chi connectivity index (χ0) is 11.8. The van der Waals surface area contributed by atoms with Gasteiger partial charge in [-0.25, -0.2) is 4.68 Å². The fourth-order valence-electron chi connectivity index (χ4n) is 1.28. The third-order valence-electron chi connectivity index (χ3n) is 1.95. The largest absolute Gasteiger partial charge is 0.435 e. The topological polar surface area (TPSA) is 56.7 Å². The molecule has 0 saturated carbocycles. The molecular weight excluding hydrogens is 221 g/mol. The van der Waals surface area contributed by atoms with Crippen molar-refractivity contribution >= 4 is 5.69 Å². The summed E-state index contributed by atoms with van der Waals surface area (Å²) >= 11 is 0. The molecule has 1 aromatic carbocycles. The molecule has 2 aromatic rings. The third-order valence-corrected chi connectivity index (χ3v) is 1.95. The zero-order valence-corrected chi connectivity index (χ0v) is 7.94. The molecule has 1 aromatic heterocycles. The Labute approximate surface area is 88.5 Å². The first kappa shape index (κ1) is 10.5. The first-order chi connectivity index (χ1) is 7.48. The number of hydrogen-bond acceptors (Lipinski definition) is 3. The average Bonchev–Trinajstić information content (AvgIpc) is 2.65. The van der Waals surface area contributed by atoms with Crippen LogP contribution in [0.4, 0.5) is 18.9 Å². The smallest absolute Gasteiger partial charge is 0.399 e. The van der Waals surface area contributed by atoms with Gasteiger partial charge in [0.05, 0.1) is 11.9 Å². The van der Waals surface area contributed by atoms with Crippen LogP contribution in [0.3, 0.4) is 0 Å². The molecular formula is C9H7F3N4. The van der Waals surface area contributed by atoms with Crippen LogP contribution in [0.2, 0.25) is 0 Å². The number of hydrogen-bond donors (Lipinski definition) is 1. The Kier molecular flexibility index (Phi) is 2.30. The van der Waals surface area contributed by atoms with E-state index in [4.69, 9.17) is 5.73 Å². The van der Waals surface area contributed by atoms with Crippen molar-refractivity contribution < 1.29 is 13.2 Å². The molecule has 4 nitrogen and oxygen atoms in total. The Morgan fingerprint density at radius 1 is 1.25 bits per heavy atom. The number of nitrogen functional groups attached to an aromatic ring is 1. The number of benzene rings is 1. The van der Waals surface area contributed by atoms with Crippen molar-refractivity contribution in [1.82, 2.24) is 15.0 Å². The van der Waals surface area contributed by atoms with Gasteiger partial charge < -0.3 is 5.73 Å². The maximum Gasteiger partial charge on any atom is 0.435 e. The van der Waals surface area contributed by atoms with Crippen molar-refractivity contribution in [3.05, 3.63) is 36.2 Å². The number of rotatable bonds is 1. The number of anilines is 1. The van der Waals surface area contributed by atoms with E-state index in [1.165, 1.54) is 12.1 Å². The van der Waals surface area contributed by atoms with Crippen LogP contribution in [0, 0.1) is 0 Å². The lowest BCUT2D eigenvalue weighted by molar-refractivity contribution is -0.142. The normalized spacial score (nSPS) is 11.7. The zero-order valence-electron chi connectivity index (χ0n) is 7.94.